The molecule has 2 heterocycles. The Labute approximate surface area is 113 Å². The van der Waals surface area contributed by atoms with E-state index in [-0.39, 0.29) is 5.88 Å². The predicted molar refractivity (Wildman–Crippen MR) is 70.2 cm³/mol. The van der Waals surface area contributed by atoms with Crippen LogP contribution in [-0.4, -0.2) is 31.1 Å². The van der Waals surface area contributed by atoms with Crippen LogP contribution < -0.4 is 10.1 Å². The second kappa shape index (κ2) is 4.92. The van der Waals surface area contributed by atoms with Gasteiger partial charge in [-0.25, -0.2) is 9.78 Å². The smallest absolute Gasteiger partial charge is 0.388 e. The number of aromatic nitrogens is 5. The summed E-state index contributed by atoms with van der Waals surface area (Å²) in [6, 6.07) is 8.96. The van der Waals surface area contributed by atoms with Crippen LogP contribution in [0.2, 0.25) is 0 Å². The Balaban J connectivity index is 1.81. The zero-order valence-corrected chi connectivity index (χ0v) is 10.5. The highest BCUT2D eigenvalue weighted by Gasteiger charge is 2.14. The molecule has 8 heteroatoms. The maximum atomic E-state index is 11.8. The predicted octanol–water partition coefficient (Wildman–Crippen LogP) is 1.37. The molecule has 0 unspecified atom stereocenters. The molecule has 0 radical (unpaired) electrons. The van der Waals surface area contributed by atoms with Gasteiger partial charge in [-0.15, -0.1) is 10.2 Å². The van der Waals surface area contributed by atoms with Gasteiger partial charge in [0.05, 0.1) is 0 Å². The van der Waals surface area contributed by atoms with E-state index in [1.165, 1.54) is 11.1 Å². The maximum absolute atomic E-state index is 11.8. The molecule has 0 atom stereocenters. The van der Waals surface area contributed by atoms with E-state index in [0.717, 1.165) is 0 Å². The number of carbonyl (C=O) groups is 1. The highest BCUT2D eigenvalue weighted by molar-refractivity contribution is 5.88. The van der Waals surface area contributed by atoms with Crippen molar-refractivity contribution in [2.24, 2.45) is 7.05 Å². The number of amides is 1. The minimum Gasteiger partial charge on any atom is -0.388 e. The largest absolute Gasteiger partial charge is 0.418 e. The number of para-hydroxylation sites is 1. The normalized spacial score (nSPS) is 10.4. The lowest BCUT2D eigenvalue weighted by Crippen LogP contribution is -2.17. The number of ether oxygens (including phenoxy) is 1. The number of rotatable bonds is 2. The highest BCUT2D eigenvalue weighted by Crippen LogP contribution is 2.17. The van der Waals surface area contributed by atoms with E-state index in [4.69, 9.17) is 4.74 Å². The van der Waals surface area contributed by atoms with Gasteiger partial charge >= 0.3 is 6.09 Å². The van der Waals surface area contributed by atoms with Crippen molar-refractivity contribution in [2.75, 3.05) is 5.32 Å². The van der Waals surface area contributed by atoms with E-state index in [1.807, 2.05) is 6.07 Å². The van der Waals surface area contributed by atoms with Crippen molar-refractivity contribution in [3.05, 3.63) is 36.7 Å². The summed E-state index contributed by atoms with van der Waals surface area (Å²) in [5.41, 5.74) is 1.32. The third-order valence-electron chi connectivity index (χ3n) is 2.46. The molecule has 2 aromatic heterocycles. The Morgan fingerprint density at radius 3 is 2.80 bits per heavy atom. The van der Waals surface area contributed by atoms with Crippen LogP contribution in [0.5, 0.6) is 5.88 Å². The van der Waals surface area contributed by atoms with Crippen molar-refractivity contribution in [1.29, 1.82) is 0 Å². The second-order valence-corrected chi connectivity index (χ2v) is 3.92. The third kappa shape index (κ3) is 2.39. The molecule has 3 rings (SSSR count). The monoisotopic (exact) mass is 270 g/mol. The molecule has 0 bridgehead atoms. The zero-order valence-electron chi connectivity index (χ0n) is 10.5. The number of hydrogen-bond donors (Lipinski definition) is 1. The topological polar surface area (TPSA) is 94.8 Å². The molecule has 0 aliphatic heterocycles. The molecule has 3 aromatic rings. The Hall–Kier alpha value is -3.03. The standard InChI is InChI=1S/C12H10N6O2/c1-18-16-9-10(17-18)13-7-14-11(9)20-12(19)15-8-5-3-2-4-6-8/h2-7H,1H3,(H,15,19). The fourth-order valence-corrected chi connectivity index (χ4v) is 1.65. The molecule has 8 nitrogen and oxygen atoms in total. The molecule has 100 valence electrons. The number of nitrogens with zero attached hydrogens (tertiary/aromatic N) is 5. The summed E-state index contributed by atoms with van der Waals surface area (Å²) in [4.78, 5) is 20.9. The van der Waals surface area contributed by atoms with Gasteiger partial charge < -0.3 is 4.74 Å². The van der Waals surface area contributed by atoms with Crippen LogP contribution in [-0.2, 0) is 7.05 Å². The zero-order chi connectivity index (χ0) is 13.9. The van der Waals surface area contributed by atoms with Crippen molar-refractivity contribution in [2.45, 2.75) is 0 Å². The minimum atomic E-state index is -0.651. The lowest BCUT2D eigenvalue weighted by atomic mass is 10.3. The summed E-state index contributed by atoms with van der Waals surface area (Å²) in [5, 5.41) is 10.6. The van der Waals surface area contributed by atoms with Gasteiger partial charge in [-0.2, -0.15) is 9.78 Å². The van der Waals surface area contributed by atoms with Gasteiger partial charge in [0.25, 0.3) is 5.88 Å². The van der Waals surface area contributed by atoms with Crippen LogP contribution in [0.15, 0.2) is 36.7 Å². The molecule has 0 saturated carbocycles. The third-order valence-corrected chi connectivity index (χ3v) is 2.46. The summed E-state index contributed by atoms with van der Waals surface area (Å²) in [5.74, 6) is 0.0662. The van der Waals surface area contributed by atoms with Crippen molar-refractivity contribution in [3.8, 4) is 5.88 Å². The van der Waals surface area contributed by atoms with E-state index in [2.05, 4.69) is 25.5 Å². The van der Waals surface area contributed by atoms with Crippen molar-refractivity contribution >= 4 is 22.9 Å². The van der Waals surface area contributed by atoms with Crippen molar-refractivity contribution < 1.29 is 9.53 Å². The maximum Gasteiger partial charge on any atom is 0.418 e. The van der Waals surface area contributed by atoms with Crippen LogP contribution in [0.25, 0.3) is 11.2 Å². The van der Waals surface area contributed by atoms with E-state index < -0.39 is 6.09 Å². The quantitative estimate of drug-likeness (QED) is 0.755. The first-order chi connectivity index (χ1) is 9.72. The average Bonchev–Trinajstić information content (AvgIpc) is 2.81. The van der Waals surface area contributed by atoms with Gasteiger partial charge in [0, 0.05) is 12.7 Å². The molecular formula is C12H10N6O2. The first kappa shape index (κ1) is 12.0. The number of aryl methyl sites for hydroxylation is 1. The summed E-state index contributed by atoms with van der Waals surface area (Å²) < 4.78 is 5.13. The minimum absolute atomic E-state index is 0.0662. The molecule has 1 aromatic carbocycles. The molecule has 0 aliphatic rings. The lowest BCUT2D eigenvalue weighted by molar-refractivity contribution is 0.214. The SMILES string of the molecule is Cn1nc2ncnc(OC(=O)Nc3ccccc3)c2n1. The number of fused-ring (bicyclic) bond motifs is 1. The second-order valence-electron chi connectivity index (χ2n) is 3.92. The molecule has 0 fully saturated rings. The summed E-state index contributed by atoms with van der Waals surface area (Å²) in [7, 11) is 1.65. The number of hydrogen-bond acceptors (Lipinski definition) is 6. The van der Waals surface area contributed by atoms with Gasteiger partial charge in [0.15, 0.2) is 5.52 Å². The molecule has 20 heavy (non-hydrogen) atoms. The summed E-state index contributed by atoms with van der Waals surface area (Å²) in [6.45, 7) is 0. The van der Waals surface area contributed by atoms with E-state index in [9.17, 15) is 4.79 Å². The van der Waals surface area contributed by atoms with Crippen LogP contribution >= 0.6 is 0 Å². The number of carbonyl (C=O) groups excluding carboxylic acids is 1. The molecule has 0 saturated heterocycles. The Kier molecular flexibility index (Phi) is 2.96. The highest BCUT2D eigenvalue weighted by atomic mass is 16.6. The first-order valence-electron chi connectivity index (χ1n) is 5.78. The Morgan fingerprint density at radius 1 is 1.20 bits per heavy atom. The van der Waals surface area contributed by atoms with Crippen LogP contribution in [0.1, 0.15) is 0 Å². The number of benzene rings is 1. The number of nitrogens with one attached hydrogen (secondary N) is 1. The van der Waals surface area contributed by atoms with E-state index in [1.54, 1.807) is 31.3 Å². The fraction of sp³-hybridized carbons (Fsp3) is 0.0833. The molecular weight excluding hydrogens is 260 g/mol. The fourth-order valence-electron chi connectivity index (χ4n) is 1.65. The molecule has 1 amide bonds. The molecule has 0 spiro atoms. The van der Waals surface area contributed by atoms with Gasteiger partial charge in [0.2, 0.25) is 5.65 Å². The van der Waals surface area contributed by atoms with Crippen LogP contribution in [0, 0.1) is 0 Å². The Bertz CT molecular complexity index is 755. The summed E-state index contributed by atoms with van der Waals surface area (Å²) in [6.07, 6.45) is 0.615. The van der Waals surface area contributed by atoms with E-state index in [0.29, 0.717) is 16.9 Å². The van der Waals surface area contributed by atoms with Gasteiger partial charge in [-0.05, 0) is 12.1 Å². The van der Waals surface area contributed by atoms with Crippen LogP contribution in [0.4, 0.5) is 10.5 Å². The molecule has 1 N–H and O–H groups in total. The summed E-state index contributed by atoms with van der Waals surface area (Å²) >= 11 is 0. The Morgan fingerprint density at radius 2 is 2.00 bits per heavy atom. The molecule has 0 aliphatic carbocycles. The lowest BCUT2D eigenvalue weighted by Gasteiger charge is -2.05. The van der Waals surface area contributed by atoms with Crippen LogP contribution in [0.3, 0.4) is 0 Å². The van der Waals surface area contributed by atoms with Crippen molar-refractivity contribution in [1.82, 2.24) is 25.0 Å². The van der Waals surface area contributed by atoms with Gasteiger partial charge in [-0.1, -0.05) is 18.2 Å². The van der Waals surface area contributed by atoms with E-state index >= 15 is 0 Å². The first-order valence-corrected chi connectivity index (χ1v) is 5.78. The van der Waals surface area contributed by atoms with Gasteiger partial charge in [-0.3, -0.25) is 5.32 Å². The van der Waals surface area contributed by atoms with Crippen molar-refractivity contribution in [3.63, 3.8) is 0 Å². The number of anilines is 1. The van der Waals surface area contributed by atoms with Gasteiger partial charge in [0.1, 0.15) is 6.33 Å². The average molecular weight is 270 g/mol.